The molecule has 2 aliphatic heterocycles. The Hall–Kier alpha value is -1.06. The molecule has 1 aromatic carbocycles. The Balaban J connectivity index is 1.68. The fraction of sp³-hybridized carbons (Fsp3) is 0.538. The van der Waals surface area contributed by atoms with Crippen LogP contribution in [0.15, 0.2) is 24.3 Å². The molecule has 16 heavy (non-hydrogen) atoms. The summed E-state index contributed by atoms with van der Waals surface area (Å²) in [5, 5.41) is 3.50. The molecule has 2 heterocycles. The van der Waals surface area contributed by atoms with Crippen molar-refractivity contribution in [2.75, 3.05) is 44.7 Å². The van der Waals surface area contributed by atoms with Gasteiger partial charge in [-0.25, -0.2) is 0 Å². The first-order valence-electron chi connectivity index (χ1n) is 6.17. The van der Waals surface area contributed by atoms with Crippen molar-refractivity contribution in [2.24, 2.45) is 0 Å². The molecule has 0 saturated carbocycles. The van der Waals surface area contributed by atoms with Crippen LogP contribution < -0.4 is 10.2 Å². The van der Waals surface area contributed by atoms with Crippen LogP contribution in [0.4, 0.5) is 5.69 Å². The zero-order chi connectivity index (χ0) is 10.8. The van der Waals surface area contributed by atoms with E-state index in [0.717, 1.165) is 19.8 Å². The summed E-state index contributed by atoms with van der Waals surface area (Å²) in [6, 6.07) is 8.70. The van der Waals surface area contributed by atoms with Gasteiger partial charge in [0.15, 0.2) is 0 Å². The van der Waals surface area contributed by atoms with Crippen LogP contribution in [-0.4, -0.2) is 39.4 Å². The molecule has 2 aliphatic rings. The number of para-hydroxylation sites is 1. The molecule has 86 valence electrons. The van der Waals surface area contributed by atoms with Crippen molar-refractivity contribution in [3.8, 4) is 0 Å². The molecule has 1 saturated heterocycles. The van der Waals surface area contributed by atoms with E-state index in [1.807, 2.05) is 0 Å². The van der Waals surface area contributed by atoms with Gasteiger partial charge in [-0.1, -0.05) is 18.2 Å². The summed E-state index contributed by atoms with van der Waals surface area (Å²) >= 11 is 0. The van der Waals surface area contributed by atoms with E-state index in [9.17, 15) is 0 Å². The second kappa shape index (κ2) is 4.44. The summed E-state index contributed by atoms with van der Waals surface area (Å²) in [5.74, 6) is 0.685. The molecule has 0 unspecified atom stereocenters. The quantitative estimate of drug-likeness (QED) is 0.738. The summed E-state index contributed by atoms with van der Waals surface area (Å²) in [4.78, 5) is 1.69. The minimum atomic E-state index is 0.685. The Morgan fingerprint density at radius 2 is 2.06 bits per heavy atom. The molecular formula is C13H19N2O+. The SMILES string of the molecule is c1ccc2c(c1)NC[C@H]2C[NH+]1CCOCC1. The number of anilines is 1. The van der Waals surface area contributed by atoms with Crippen LogP contribution in [0.25, 0.3) is 0 Å². The van der Waals surface area contributed by atoms with Crippen LogP contribution in [0, 0.1) is 0 Å². The second-order valence-electron chi connectivity index (χ2n) is 4.73. The van der Waals surface area contributed by atoms with Crippen LogP contribution in [-0.2, 0) is 4.74 Å². The highest BCUT2D eigenvalue weighted by molar-refractivity contribution is 5.57. The van der Waals surface area contributed by atoms with Crippen molar-refractivity contribution < 1.29 is 9.64 Å². The third kappa shape index (κ3) is 1.93. The predicted octanol–water partition coefficient (Wildman–Crippen LogP) is 0.111. The number of morpholine rings is 1. The van der Waals surface area contributed by atoms with Gasteiger partial charge in [-0.3, -0.25) is 0 Å². The molecule has 0 bridgehead atoms. The lowest BCUT2D eigenvalue weighted by Crippen LogP contribution is -3.14. The fourth-order valence-corrected chi connectivity index (χ4v) is 2.75. The smallest absolute Gasteiger partial charge is 0.101 e. The Bertz CT molecular complexity index is 361. The molecule has 0 aromatic heterocycles. The Morgan fingerprint density at radius 3 is 2.94 bits per heavy atom. The second-order valence-corrected chi connectivity index (χ2v) is 4.73. The van der Waals surface area contributed by atoms with Crippen LogP contribution in [0.1, 0.15) is 11.5 Å². The number of benzene rings is 1. The van der Waals surface area contributed by atoms with Gasteiger partial charge in [0, 0.05) is 12.2 Å². The number of fused-ring (bicyclic) bond motifs is 1. The molecule has 2 N–H and O–H groups in total. The topological polar surface area (TPSA) is 25.7 Å². The maximum atomic E-state index is 5.40. The molecule has 3 heteroatoms. The van der Waals surface area contributed by atoms with Gasteiger partial charge in [0.1, 0.15) is 13.1 Å². The average molecular weight is 219 g/mol. The van der Waals surface area contributed by atoms with Crippen molar-refractivity contribution in [1.29, 1.82) is 0 Å². The summed E-state index contributed by atoms with van der Waals surface area (Å²) in [7, 11) is 0. The third-order valence-corrected chi connectivity index (χ3v) is 3.67. The maximum Gasteiger partial charge on any atom is 0.101 e. The average Bonchev–Trinajstić information content (AvgIpc) is 2.74. The summed E-state index contributed by atoms with van der Waals surface area (Å²) in [6.45, 7) is 6.53. The lowest BCUT2D eigenvalue weighted by atomic mass is 10.0. The van der Waals surface area contributed by atoms with Gasteiger partial charge in [0.2, 0.25) is 0 Å². The van der Waals surface area contributed by atoms with Crippen molar-refractivity contribution in [2.45, 2.75) is 5.92 Å². The van der Waals surface area contributed by atoms with Crippen LogP contribution in [0.5, 0.6) is 0 Å². The molecule has 0 aliphatic carbocycles. The Morgan fingerprint density at radius 1 is 1.25 bits per heavy atom. The van der Waals surface area contributed by atoms with Crippen molar-refractivity contribution in [3.05, 3.63) is 29.8 Å². The summed E-state index contributed by atoms with van der Waals surface area (Å²) in [6.07, 6.45) is 0. The first-order chi connectivity index (χ1) is 7.93. The Kier molecular flexibility index (Phi) is 2.80. The Labute approximate surface area is 96.4 Å². The number of hydrogen-bond acceptors (Lipinski definition) is 2. The zero-order valence-corrected chi connectivity index (χ0v) is 9.54. The van der Waals surface area contributed by atoms with Gasteiger partial charge in [-0.2, -0.15) is 0 Å². The van der Waals surface area contributed by atoms with Gasteiger partial charge in [-0.15, -0.1) is 0 Å². The summed E-state index contributed by atoms with van der Waals surface area (Å²) < 4.78 is 5.40. The molecule has 1 fully saturated rings. The highest BCUT2D eigenvalue weighted by Gasteiger charge is 2.26. The van der Waals surface area contributed by atoms with Crippen LogP contribution >= 0.6 is 0 Å². The van der Waals surface area contributed by atoms with E-state index in [-0.39, 0.29) is 0 Å². The molecular weight excluding hydrogens is 200 g/mol. The molecule has 1 aromatic rings. The number of quaternary nitrogens is 1. The normalized spacial score (nSPS) is 25.1. The molecule has 0 radical (unpaired) electrons. The molecule has 3 rings (SSSR count). The number of rotatable bonds is 2. The van der Waals surface area contributed by atoms with Gasteiger partial charge >= 0.3 is 0 Å². The number of hydrogen-bond donors (Lipinski definition) is 2. The minimum absolute atomic E-state index is 0.685. The van der Waals surface area contributed by atoms with Crippen molar-refractivity contribution in [3.63, 3.8) is 0 Å². The van der Waals surface area contributed by atoms with Gasteiger partial charge in [0.25, 0.3) is 0 Å². The summed E-state index contributed by atoms with van der Waals surface area (Å²) in [5.41, 5.74) is 2.83. The minimum Gasteiger partial charge on any atom is -0.384 e. The van der Waals surface area contributed by atoms with Crippen molar-refractivity contribution in [1.82, 2.24) is 0 Å². The maximum absolute atomic E-state index is 5.40. The van der Waals surface area contributed by atoms with E-state index in [1.54, 1.807) is 4.90 Å². The van der Waals surface area contributed by atoms with E-state index in [1.165, 1.54) is 30.9 Å². The predicted molar refractivity (Wildman–Crippen MR) is 64.1 cm³/mol. The van der Waals surface area contributed by atoms with Crippen LogP contribution in [0.3, 0.4) is 0 Å². The molecule has 3 nitrogen and oxygen atoms in total. The van der Waals surface area contributed by atoms with E-state index in [4.69, 9.17) is 4.74 Å². The van der Waals surface area contributed by atoms with Gasteiger partial charge < -0.3 is 15.0 Å². The highest BCUT2D eigenvalue weighted by atomic mass is 16.5. The molecule has 1 atom stereocenters. The van der Waals surface area contributed by atoms with E-state index in [0.29, 0.717) is 5.92 Å². The first kappa shape index (κ1) is 10.1. The van der Waals surface area contributed by atoms with Gasteiger partial charge in [-0.05, 0) is 11.6 Å². The van der Waals surface area contributed by atoms with E-state index >= 15 is 0 Å². The standard InChI is InChI=1S/C13H18N2O/c1-2-4-13-12(3-1)11(9-14-13)10-15-5-7-16-8-6-15/h1-4,11,14H,5-10H2/p+1/t11-/m0/s1. The van der Waals surface area contributed by atoms with Crippen LogP contribution in [0.2, 0.25) is 0 Å². The van der Waals surface area contributed by atoms with Crippen molar-refractivity contribution >= 4 is 5.69 Å². The van der Waals surface area contributed by atoms with Gasteiger partial charge in [0.05, 0.1) is 25.7 Å². The lowest BCUT2D eigenvalue weighted by molar-refractivity contribution is -0.909. The highest BCUT2D eigenvalue weighted by Crippen LogP contribution is 2.29. The monoisotopic (exact) mass is 219 g/mol. The largest absolute Gasteiger partial charge is 0.384 e. The lowest BCUT2D eigenvalue weighted by Gasteiger charge is -2.26. The van der Waals surface area contributed by atoms with E-state index in [2.05, 4.69) is 29.6 Å². The number of nitrogens with one attached hydrogen (secondary N) is 2. The number of ether oxygens (including phenoxy) is 1. The first-order valence-corrected chi connectivity index (χ1v) is 6.17. The fourth-order valence-electron chi connectivity index (χ4n) is 2.75. The molecule has 0 amide bonds. The van der Waals surface area contributed by atoms with E-state index < -0.39 is 0 Å². The third-order valence-electron chi connectivity index (χ3n) is 3.67. The zero-order valence-electron chi connectivity index (χ0n) is 9.54. The molecule has 0 spiro atoms.